The molecular weight excluding hydrogens is 346 g/mol. The smallest absolute Gasteiger partial charge is 0.107 e. The average molecular weight is 367 g/mol. The molecular formula is C13H21BrClN3S. The number of nitrogens with two attached hydrogens (primary N) is 1. The van der Waals surface area contributed by atoms with E-state index in [9.17, 15) is 0 Å². The number of rotatable bonds is 4. The molecule has 19 heavy (non-hydrogen) atoms. The molecule has 3 nitrogen and oxygen atoms in total. The molecule has 0 spiro atoms. The molecule has 2 heterocycles. The van der Waals surface area contributed by atoms with E-state index in [1.54, 1.807) is 11.3 Å². The lowest BCUT2D eigenvalue weighted by Gasteiger charge is -2.42. The summed E-state index contributed by atoms with van der Waals surface area (Å²) in [5.41, 5.74) is 6.00. The van der Waals surface area contributed by atoms with Crippen molar-refractivity contribution in [3.8, 4) is 0 Å². The van der Waals surface area contributed by atoms with Gasteiger partial charge >= 0.3 is 0 Å². The lowest BCUT2D eigenvalue weighted by Crippen LogP contribution is -2.53. The standard InChI is InChI=1S/C13H21BrClN3S/c1-3-17-4-5-18(8-9(17)2)11(7-16)12-6-10(14)13(15)19-12/h6,9,11H,3-5,7-8,16H2,1-2H3. The Bertz CT molecular complexity index is 407. The van der Waals surface area contributed by atoms with Crippen LogP contribution in [0.5, 0.6) is 0 Å². The molecule has 0 aromatic carbocycles. The van der Waals surface area contributed by atoms with Gasteiger partial charge in [-0.15, -0.1) is 11.3 Å². The fraction of sp³-hybridized carbons (Fsp3) is 0.692. The molecule has 0 amide bonds. The lowest BCUT2D eigenvalue weighted by molar-refractivity contribution is 0.0616. The van der Waals surface area contributed by atoms with E-state index >= 15 is 0 Å². The molecule has 1 aliphatic rings. The Balaban J connectivity index is 2.10. The van der Waals surface area contributed by atoms with Crippen LogP contribution in [0.25, 0.3) is 0 Å². The SMILES string of the molecule is CCN1CCN(C(CN)c2cc(Br)c(Cl)s2)CC1C. The van der Waals surface area contributed by atoms with Crippen LogP contribution in [0.1, 0.15) is 24.8 Å². The van der Waals surface area contributed by atoms with Gasteiger partial charge in [0.25, 0.3) is 0 Å². The van der Waals surface area contributed by atoms with E-state index in [1.165, 1.54) is 4.88 Å². The van der Waals surface area contributed by atoms with Crippen LogP contribution >= 0.6 is 38.9 Å². The Labute approximate surface area is 132 Å². The first-order valence-corrected chi connectivity index (χ1v) is 8.68. The van der Waals surface area contributed by atoms with Gasteiger partial charge in [-0.25, -0.2) is 0 Å². The van der Waals surface area contributed by atoms with Crippen LogP contribution in [-0.4, -0.2) is 48.6 Å². The average Bonchev–Trinajstić information content (AvgIpc) is 2.70. The van der Waals surface area contributed by atoms with Crippen LogP contribution < -0.4 is 5.73 Å². The highest BCUT2D eigenvalue weighted by molar-refractivity contribution is 9.10. The molecule has 2 atom stereocenters. The summed E-state index contributed by atoms with van der Waals surface area (Å²) in [5, 5.41) is 0. The minimum absolute atomic E-state index is 0.287. The predicted octanol–water partition coefficient (Wildman–Crippen LogP) is 3.19. The van der Waals surface area contributed by atoms with Gasteiger partial charge in [-0.05, 0) is 35.5 Å². The molecule has 1 aliphatic heterocycles. The number of piperazine rings is 1. The summed E-state index contributed by atoms with van der Waals surface area (Å²) < 4.78 is 1.79. The van der Waals surface area contributed by atoms with Crippen LogP contribution in [0.2, 0.25) is 4.34 Å². The molecule has 0 aliphatic carbocycles. The number of likely N-dealkylation sites (N-methyl/N-ethyl adjacent to an activating group) is 1. The highest BCUT2D eigenvalue weighted by Crippen LogP contribution is 2.37. The van der Waals surface area contributed by atoms with E-state index in [4.69, 9.17) is 17.3 Å². The molecule has 1 aromatic heterocycles. The summed E-state index contributed by atoms with van der Waals surface area (Å²) in [6, 6.07) is 2.99. The number of halogens is 2. The normalized spacial score (nSPS) is 23.7. The highest BCUT2D eigenvalue weighted by Gasteiger charge is 2.28. The predicted molar refractivity (Wildman–Crippen MR) is 87.1 cm³/mol. The van der Waals surface area contributed by atoms with E-state index in [0.717, 1.165) is 35.0 Å². The maximum atomic E-state index is 6.15. The van der Waals surface area contributed by atoms with Crippen LogP contribution in [0, 0.1) is 0 Å². The molecule has 108 valence electrons. The van der Waals surface area contributed by atoms with Gasteiger partial charge in [-0.3, -0.25) is 9.80 Å². The third-order valence-electron chi connectivity index (χ3n) is 3.86. The summed E-state index contributed by atoms with van der Waals surface area (Å²) in [6.45, 7) is 9.55. The Morgan fingerprint density at radius 1 is 1.58 bits per heavy atom. The second-order valence-electron chi connectivity index (χ2n) is 4.99. The zero-order chi connectivity index (χ0) is 14.0. The third kappa shape index (κ3) is 3.52. The first-order chi connectivity index (χ1) is 9.06. The molecule has 0 bridgehead atoms. The zero-order valence-corrected chi connectivity index (χ0v) is 14.6. The molecule has 2 N–H and O–H groups in total. The summed E-state index contributed by atoms with van der Waals surface area (Å²) >= 11 is 11.3. The summed E-state index contributed by atoms with van der Waals surface area (Å²) in [5.74, 6) is 0. The van der Waals surface area contributed by atoms with Gasteiger partial charge in [0.1, 0.15) is 4.34 Å². The van der Waals surface area contributed by atoms with Crippen molar-refractivity contribution < 1.29 is 0 Å². The number of thiophene rings is 1. The monoisotopic (exact) mass is 365 g/mol. The first kappa shape index (κ1) is 15.7. The highest BCUT2D eigenvalue weighted by atomic mass is 79.9. The van der Waals surface area contributed by atoms with E-state index in [1.807, 2.05) is 0 Å². The Morgan fingerprint density at radius 3 is 2.79 bits per heavy atom. The first-order valence-electron chi connectivity index (χ1n) is 6.69. The second kappa shape index (κ2) is 6.87. The van der Waals surface area contributed by atoms with E-state index in [-0.39, 0.29) is 6.04 Å². The van der Waals surface area contributed by atoms with Gasteiger partial charge in [0.05, 0.1) is 6.04 Å². The van der Waals surface area contributed by atoms with Crippen LogP contribution in [0.3, 0.4) is 0 Å². The minimum atomic E-state index is 0.287. The van der Waals surface area contributed by atoms with Crippen LogP contribution in [0.15, 0.2) is 10.5 Å². The maximum absolute atomic E-state index is 6.15. The molecule has 0 radical (unpaired) electrons. The van der Waals surface area contributed by atoms with E-state index < -0.39 is 0 Å². The Hall–Kier alpha value is 0.350. The summed E-state index contributed by atoms with van der Waals surface area (Å²) in [6.07, 6.45) is 0. The van der Waals surface area contributed by atoms with Gasteiger partial charge < -0.3 is 5.73 Å². The van der Waals surface area contributed by atoms with Crippen LogP contribution in [-0.2, 0) is 0 Å². The Morgan fingerprint density at radius 2 is 2.32 bits per heavy atom. The number of nitrogens with zero attached hydrogens (tertiary/aromatic N) is 2. The van der Waals surface area contributed by atoms with Gasteiger partial charge in [-0.2, -0.15) is 0 Å². The molecule has 1 saturated heterocycles. The quantitative estimate of drug-likeness (QED) is 0.888. The lowest BCUT2D eigenvalue weighted by atomic mass is 10.1. The van der Waals surface area contributed by atoms with Crippen molar-refractivity contribution >= 4 is 38.9 Å². The van der Waals surface area contributed by atoms with Crippen molar-refractivity contribution in [3.05, 3.63) is 19.8 Å². The summed E-state index contributed by atoms with van der Waals surface area (Å²) in [7, 11) is 0. The fourth-order valence-electron chi connectivity index (χ4n) is 2.75. The molecule has 0 saturated carbocycles. The van der Waals surface area contributed by atoms with Crippen molar-refractivity contribution in [3.63, 3.8) is 0 Å². The van der Waals surface area contributed by atoms with Crippen molar-refractivity contribution in [1.82, 2.24) is 9.80 Å². The van der Waals surface area contributed by atoms with Crippen molar-refractivity contribution in [2.24, 2.45) is 5.73 Å². The van der Waals surface area contributed by atoms with Gasteiger partial charge in [0.15, 0.2) is 0 Å². The topological polar surface area (TPSA) is 32.5 Å². The van der Waals surface area contributed by atoms with E-state index in [0.29, 0.717) is 12.6 Å². The van der Waals surface area contributed by atoms with Crippen molar-refractivity contribution in [2.75, 3.05) is 32.7 Å². The van der Waals surface area contributed by atoms with Crippen molar-refractivity contribution in [2.45, 2.75) is 25.9 Å². The molecule has 1 fully saturated rings. The molecule has 6 heteroatoms. The van der Waals surface area contributed by atoms with Gasteiger partial charge in [0, 0.05) is 41.6 Å². The number of hydrogen-bond donors (Lipinski definition) is 1. The molecule has 2 rings (SSSR count). The Kier molecular flexibility index (Phi) is 5.69. The molecule has 1 aromatic rings. The fourth-order valence-corrected chi connectivity index (χ4v) is 4.63. The van der Waals surface area contributed by atoms with Crippen molar-refractivity contribution in [1.29, 1.82) is 0 Å². The van der Waals surface area contributed by atoms with Gasteiger partial charge in [0.2, 0.25) is 0 Å². The third-order valence-corrected chi connectivity index (χ3v) is 6.44. The molecule has 2 unspecified atom stereocenters. The minimum Gasteiger partial charge on any atom is -0.329 e. The van der Waals surface area contributed by atoms with Gasteiger partial charge in [-0.1, -0.05) is 18.5 Å². The zero-order valence-electron chi connectivity index (χ0n) is 11.4. The van der Waals surface area contributed by atoms with Crippen LogP contribution in [0.4, 0.5) is 0 Å². The summed E-state index contributed by atoms with van der Waals surface area (Å²) in [4.78, 5) is 6.27. The number of hydrogen-bond acceptors (Lipinski definition) is 4. The maximum Gasteiger partial charge on any atom is 0.107 e. The largest absolute Gasteiger partial charge is 0.329 e. The van der Waals surface area contributed by atoms with E-state index in [2.05, 4.69) is 45.6 Å². The second-order valence-corrected chi connectivity index (χ2v) is 7.53.